The molecule has 1 aliphatic heterocycles. The fourth-order valence-corrected chi connectivity index (χ4v) is 2.47. The van der Waals surface area contributed by atoms with E-state index in [4.69, 9.17) is 5.11 Å². The van der Waals surface area contributed by atoms with Crippen molar-refractivity contribution in [1.82, 2.24) is 10.6 Å². The van der Waals surface area contributed by atoms with Gasteiger partial charge in [-0.15, -0.1) is 11.8 Å². The van der Waals surface area contributed by atoms with Gasteiger partial charge in [0.15, 0.2) is 0 Å². The zero-order valence-electron chi connectivity index (χ0n) is 9.53. The lowest BCUT2D eigenvalue weighted by Gasteiger charge is -2.18. The largest absolute Gasteiger partial charge is 0.480 e. The molecular weight excluding hydrogens is 228 g/mol. The number of carboxylic acid groups (broad SMARTS) is 1. The number of amides is 1. The first kappa shape index (κ1) is 13.3. The zero-order valence-corrected chi connectivity index (χ0v) is 10.3. The molecule has 1 saturated heterocycles. The zero-order chi connectivity index (χ0) is 12.1. The van der Waals surface area contributed by atoms with E-state index in [1.807, 2.05) is 13.8 Å². The first-order valence-corrected chi connectivity index (χ1v) is 6.50. The smallest absolute Gasteiger partial charge is 0.326 e. The molecule has 1 heterocycles. The predicted molar refractivity (Wildman–Crippen MR) is 63.3 cm³/mol. The van der Waals surface area contributed by atoms with E-state index < -0.39 is 12.0 Å². The summed E-state index contributed by atoms with van der Waals surface area (Å²) in [4.78, 5) is 22.6. The third-order valence-electron chi connectivity index (χ3n) is 2.35. The normalized spacial score (nSPS) is 22.1. The number of thioether (sulfide) groups is 1. The average molecular weight is 246 g/mol. The van der Waals surface area contributed by atoms with E-state index in [-0.39, 0.29) is 17.9 Å². The number of carbonyl (C=O) groups is 2. The van der Waals surface area contributed by atoms with Gasteiger partial charge in [0.2, 0.25) is 5.91 Å². The number of rotatable bonds is 5. The second-order valence-corrected chi connectivity index (χ2v) is 5.33. The Morgan fingerprint density at radius 3 is 2.69 bits per heavy atom. The molecule has 0 aromatic heterocycles. The van der Waals surface area contributed by atoms with E-state index in [2.05, 4.69) is 10.6 Å². The summed E-state index contributed by atoms with van der Waals surface area (Å²) in [6.45, 7) is 3.87. The minimum atomic E-state index is -0.965. The maximum Gasteiger partial charge on any atom is 0.326 e. The van der Waals surface area contributed by atoms with Crippen LogP contribution in [-0.2, 0) is 9.59 Å². The molecule has 3 N–H and O–H groups in total. The number of carboxylic acids is 1. The summed E-state index contributed by atoms with van der Waals surface area (Å²) >= 11 is 1.64. The minimum Gasteiger partial charge on any atom is -0.480 e. The minimum absolute atomic E-state index is 0.210. The van der Waals surface area contributed by atoms with E-state index in [9.17, 15) is 9.59 Å². The summed E-state index contributed by atoms with van der Waals surface area (Å²) in [5, 5.41) is 14.6. The average Bonchev–Trinajstić information content (AvgIpc) is 2.68. The Kier molecular flexibility index (Phi) is 5.08. The third-order valence-corrected chi connectivity index (χ3v) is 3.29. The molecule has 5 nitrogen and oxygen atoms in total. The summed E-state index contributed by atoms with van der Waals surface area (Å²) in [6.07, 6.45) is 0.459. The molecule has 92 valence electrons. The Labute approximate surface area is 99.4 Å². The molecule has 1 amide bonds. The summed E-state index contributed by atoms with van der Waals surface area (Å²) in [6, 6.07) is -1.03. The maximum atomic E-state index is 11.7. The molecule has 2 atom stereocenters. The molecule has 1 fully saturated rings. The Hall–Kier alpha value is -0.750. The van der Waals surface area contributed by atoms with Gasteiger partial charge < -0.3 is 10.4 Å². The van der Waals surface area contributed by atoms with Crippen LogP contribution in [0.3, 0.4) is 0 Å². The van der Waals surface area contributed by atoms with Crippen molar-refractivity contribution in [3.05, 3.63) is 0 Å². The van der Waals surface area contributed by atoms with Gasteiger partial charge in [0.1, 0.15) is 6.04 Å². The van der Waals surface area contributed by atoms with Gasteiger partial charge in [0.05, 0.1) is 6.04 Å². The molecule has 0 aliphatic carbocycles. The van der Waals surface area contributed by atoms with Crippen molar-refractivity contribution < 1.29 is 14.7 Å². The fourth-order valence-electron chi connectivity index (χ4n) is 1.53. The Bertz CT molecular complexity index is 265. The lowest BCUT2D eigenvalue weighted by Crippen LogP contribution is -2.49. The monoisotopic (exact) mass is 246 g/mol. The van der Waals surface area contributed by atoms with Crippen LogP contribution < -0.4 is 10.6 Å². The Morgan fingerprint density at radius 2 is 2.25 bits per heavy atom. The van der Waals surface area contributed by atoms with Gasteiger partial charge in [-0.3, -0.25) is 10.1 Å². The second kappa shape index (κ2) is 6.10. The summed E-state index contributed by atoms with van der Waals surface area (Å²) in [5.41, 5.74) is 0. The van der Waals surface area contributed by atoms with Crippen LogP contribution in [0.5, 0.6) is 0 Å². The van der Waals surface area contributed by atoms with Gasteiger partial charge in [-0.05, 0) is 12.3 Å². The van der Waals surface area contributed by atoms with E-state index in [1.54, 1.807) is 11.8 Å². The first-order valence-electron chi connectivity index (χ1n) is 5.35. The van der Waals surface area contributed by atoms with Gasteiger partial charge in [-0.2, -0.15) is 0 Å². The first-order chi connectivity index (χ1) is 7.50. The Balaban J connectivity index is 2.47. The van der Waals surface area contributed by atoms with Crippen molar-refractivity contribution in [1.29, 1.82) is 0 Å². The van der Waals surface area contributed by atoms with Gasteiger partial charge in [0, 0.05) is 11.6 Å². The molecule has 0 radical (unpaired) electrons. The Morgan fingerprint density at radius 1 is 1.56 bits per heavy atom. The predicted octanol–water partition coefficient (Wildman–Crippen LogP) is 0.264. The number of hydrogen-bond acceptors (Lipinski definition) is 4. The van der Waals surface area contributed by atoms with Crippen molar-refractivity contribution in [2.75, 3.05) is 11.6 Å². The number of carbonyl (C=O) groups excluding carboxylic acids is 1. The van der Waals surface area contributed by atoms with Crippen LogP contribution in [0.1, 0.15) is 20.3 Å². The molecule has 0 bridgehead atoms. The molecule has 0 aromatic rings. The molecule has 16 heavy (non-hydrogen) atoms. The van der Waals surface area contributed by atoms with Gasteiger partial charge in [0.25, 0.3) is 0 Å². The molecule has 1 unspecified atom stereocenters. The molecule has 0 spiro atoms. The fraction of sp³-hybridized carbons (Fsp3) is 0.800. The maximum absolute atomic E-state index is 11.7. The number of hydrogen-bond donors (Lipinski definition) is 3. The quantitative estimate of drug-likeness (QED) is 0.649. The van der Waals surface area contributed by atoms with Crippen molar-refractivity contribution in [3.8, 4) is 0 Å². The van der Waals surface area contributed by atoms with Crippen molar-refractivity contribution in [3.63, 3.8) is 0 Å². The van der Waals surface area contributed by atoms with E-state index in [1.165, 1.54) is 0 Å². The SMILES string of the molecule is CC(C)C[C@@H](NC(=O)C1CSCN1)C(=O)O. The second-order valence-electron chi connectivity index (χ2n) is 4.30. The highest BCUT2D eigenvalue weighted by Gasteiger charge is 2.27. The third kappa shape index (κ3) is 4.02. The van der Waals surface area contributed by atoms with Crippen LogP contribution in [0, 0.1) is 5.92 Å². The van der Waals surface area contributed by atoms with E-state index >= 15 is 0 Å². The summed E-state index contributed by atoms with van der Waals surface area (Å²) in [7, 11) is 0. The molecule has 0 saturated carbocycles. The number of aliphatic carboxylic acids is 1. The molecule has 0 aromatic carbocycles. The molecular formula is C10H18N2O3S. The van der Waals surface area contributed by atoms with Gasteiger partial charge >= 0.3 is 5.97 Å². The van der Waals surface area contributed by atoms with Gasteiger partial charge in [-0.1, -0.05) is 13.8 Å². The van der Waals surface area contributed by atoms with Crippen molar-refractivity contribution in [2.24, 2.45) is 5.92 Å². The lowest BCUT2D eigenvalue weighted by atomic mass is 10.0. The van der Waals surface area contributed by atoms with Gasteiger partial charge in [-0.25, -0.2) is 4.79 Å². The van der Waals surface area contributed by atoms with E-state index in [0.717, 1.165) is 5.88 Å². The van der Waals surface area contributed by atoms with Crippen molar-refractivity contribution in [2.45, 2.75) is 32.4 Å². The molecule has 1 aliphatic rings. The van der Waals surface area contributed by atoms with E-state index in [0.29, 0.717) is 12.2 Å². The topological polar surface area (TPSA) is 78.4 Å². The van der Waals surface area contributed by atoms with Crippen LogP contribution in [0.4, 0.5) is 0 Å². The number of nitrogens with one attached hydrogen (secondary N) is 2. The highest BCUT2D eigenvalue weighted by atomic mass is 32.2. The van der Waals surface area contributed by atoms with Crippen LogP contribution >= 0.6 is 11.8 Å². The highest BCUT2D eigenvalue weighted by molar-refractivity contribution is 7.99. The van der Waals surface area contributed by atoms with Crippen LogP contribution in [0.2, 0.25) is 0 Å². The summed E-state index contributed by atoms with van der Waals surface area (Å²) < 4.78 is 0. The molecule has 6 heteroatoms. The van der Waals surface area contributed by atoms with Crippen LogP contribution in [-0.4, -0.2) is 40.7 Å². The highest BCUT2D eigenvalue weighted by Crippen LogP contribution is 2.11. The van der Waals surface area contributed by atoms with Crippen molar-refractivity contribution >= 4 is 23.6 Å². The standard InChI is InChI=1S/C10H18N2O3S/c1-6(2)3-7(10(14)15)12-9(13)8-4-16-5-11-8/h6-8,11H,3-5H2,1-2H3,(H,12,13)(H,14,15)/t7-,8?/m1/s1. The van der Waals surface area contributed by atoms with Crippen LogP contribution in [0.15, 0.2) is 0 Å². The lowest BCUT2D eigenvalue weighted by molar-refractivity contribution is -0.142. The summed E-state index contributed by atoms with van der Waals surface area (Å²) in [5.74, 6) is 0.526. The van der Waals surface area contributed by atoms with Crippen LogP contribution in [0.25, 0.3) is 0 Å². The molecule has 1 rings (SSSR count).